The van der Waals surface area contributed by atoms with Gasteiger partial charge >= 0.3 is 0 Å². The first-order valence-electron chi connectivity index (χ1n) is 9.67. The average Bonchev–Trinajstić information content (AvgIpc) is 3.17. The maximum Gasteiger partial charge on any atom is 0.247 e. The molecule has 0 saturated heterocycles. The summed E-state index contributed by atoms with van der Waals surface area (Å²) >= 11 is 0. The molecule has 2 N–H and O–H groups in total. The van der Waals surface area contributed by atoms with Gasteiger partial charge in [0, 0.05) is 23.3 Å². The molecule has 0 fully saturated rings. The van der Waals surface area contributed by atoms with Crippen molar-refractivity contribution in [3.8, 4) is 11.4 Å². The van der Waals surface area contributed by atoms with Gasteiger partial charge < -0.3 is 10.4 Å². The summed E-state index contributed by atoms with van der Waals surface area (Å²) in [6, 6.07) is 11.1. The van der Waals surface area contributed by atoms with Gasteiger partial charge in [0.2, 0.25) is 5.91 Å². The lowest BCUT2D eigenvalue weighted by molar-refractivity contribution is -0.118. The van der Waals surface area contributed by atoms with E-state index in [1.165, 1.54) is 4.80 Å². The summed E-state index contributed by atoms with van der Waals surface area (Å²) in [5, 5.41) is 22.5. The lowest BCUT2D eigenvalue weighted by atomic mass is 9.92. The Balaban J connectivity index is 1.61. The minimum atomic E-state index is -0.253. The second-order valence-electron chi connectivity index (χ2n) is 7.28. The van der Waals surface area contributed by atoms with Crippen LogP contribution in [0.1, 0.15) is 36.8 Å². The number of aromatic hydroxyl groups is 1. The average molecular weight is 390 g/mol. The molecule has 1 heterocycles. The lowest BCUT2D eigenvalue weighted by Crippen LogP contribution is -2.27. The predicted molar refractivity (Wildman–Crippen MR) is 109 cm³/mol. The van der Waals surface area contributed by atoms with Crippen molar-refractivity contribution >= 4 is 23.2 Å². The van der Waals surface area contributed by atoms with E-state index in [1.807, 2.05) is 37.3 Å². The molecule has 29 heavy (non-hydrogen) atoms. The Bertz CT molecular complexity index is 1100. The standard InChI is InChI=1S/C22H22N4O3/c1-14-10-16(12-23-22(29)17-7-3-2-6-15(17)13-27)21(28)20(11-14)26-24-18-8-4-5-9-19(18)25-26/h4-5,8-11,13,28H,2-3,6-7,12H2,1H3,(H,23,29). The number of hydrogen-bond donors (Lipinski definition) is 2. The normalized spacial score (nSPS) is 14.2. The molecule has 0 aliphatic heterocycles. The molecule has 0 bridgehead atoms. The van der Waals surface area contributed by atoms with Crippen molar-refractivity contribution in [3.05, 3.63) is 58.7 Å². The Morgan fingerprint density at radius 1 is 1.17 bits per heavy atom. The van der Waals surface area contributed by atoms with E-state index in [9.17, 15) is 14.7 Å². The number of rotatable bonds is 5. The first-order chi connectivity index (χ1) is 14.1. The number of hydrogen-bond acceptors (Lipinski definition) is 5. The van der Waals surface area contributed by atoms with E-state index in [2.05, 4.69) is 15.5 Å². The molecule has 0 radical (unpaired) electrons. The van der Waals surface area contributed by atoms with E-state index in [4.69, 9.17) is 0 Å². The van der Waals surface area contributed by atoms with Gasteiger partial charge in [-0.1, -0.05) is 18.2 Å². The van der Waals surface area contributed by atoms with E-state index in [0.29, 0.717) is 35.2 Å². The fourth-order valence-corrected chi connectivity index (χ4v) is 3.69. The summed E-state index contributed by atoms with van der Waals surface area (Å²) < 4.78 is 0. The van der Waals surface area contributed by atoms with Crippen LogP contribution in [0.5, 0.6) is 5.75 Å². The van der Waals surface area contributed by atoms with Crippen molar-refractivity contribution in [3.63, 3.8) is 0 Å². The molecule has 7 nitrogen and oxygen atoms in total. The molecule has 1 amide bonds. The molecule has 1 aliphatic carbocycles. The molecular weight excluding hydrogens is 368 g/mol. The zero-order valence-electron chi connectivity index (χ0n) is 16.2. The first kappa shape index (κ1) is 18.9. The SMILES string of the molecule is Cc1cc(CNC(=O)C2=C(C=O)CCCC2)c(O)c(-n2nc3ccccc3n2)c1. The molecule has 148 valence electrons. The van der Waals surface area contributed by atoms with E-state index in [-0.39, 0.29) is 18.2 Å². The third kappa shape index (κ3) is 3.76. The Morgan fingerprint density at radius 2 is 1.86 bits per heavy atom. The van der Waals surface area contributed by atoms with Crippen LogP contribution in [-0.4, -0.2) is 32.3 Å². The van der Waals surface area contributed by atoms with Crippen molar-refractivity contribution in [2.75, 3.05) is 0 Å². The Kier molecular flexibility index (Phi) is 5.12. The molecule has 0 saturated carbocycles. The number of amides is 1. The Labute approximate surface area is 168 Å². The van der Waals surface area contributed by atoms with Gasteiger partial charge in [0.05, 0.1) is 0 Å². The van der Waals surface area contributed by atoms with E-state index in [1.54, 1.807) is 6.07 Å². The maximum atomic E-state index is 12.6. The fourth-order valence-electron chi connectivity index (χ4n) is 3.69. The van der Waals surface area contributed by atoms with E-state index in [0.717, 1.165) is 35.7 Å². The number of aromatic nitrogens is 3. The monoisotopic (exact) mass is 390 g/mol. The summed E-state index contributed by atoms with van der Waals surface area (Å²) in [5.41, 5.74) is 4.53. The number of fused-ring (bicyclic) bond motifs is 1. The van der Waals surface area contributed by atoms with Gasteiger partial charge in [0.1, 0.15) is 28.8 Å². The van der Waals surface area contributed by atoms with Gasteiger partial charge in [-0.15, -0.1) is 15.0 Å². The second-order valence-corrected chi connectivity index (χ2v) is 7.28. The van der Waals surface area contributed by atoms with E-state index >= 15 is 0 Å². The molecule has 2 aromatic carbocycles. The molecule has 3 aromatic rings. The zero-order valence-corrected chi connectivity index (χ0v) is 16.2. The van der Waals surface area contributed by atoms with Crippen molar-refractivity contribution in [1.82, 2.24) is 20.3 Å². The molecule has 0 unspecified atom stereocenters. The van der Waals surface area contributed by atoms with Crippen LogP contribution in [0.15, 0.2) is 47.5 Å². The third-order valence-electron chi connectivity index (χ3n) is 5.18. The van der Waals surface area contributed by atoms with Crippen LogP contribution in [0.4, 0.5) is 0 Å². The molecule has 7 heteroatoms. The number of carbonyl (C=O) groups excluding carboxylic acids is 2. The third-order valence-corrected chi connectivity index (χ3v) is 5.18. The number of phenols is 1. The van der Waals surface area contributed by atoms with Gasteiger partial charge in [-0.3, -0.25) is 9.59 Å². The zero-order chi connectivity index (χ0) is 20.4. The van der Waals surface area contributed by atoms with Gasteiger partial charge in [-0.05, 0) is 56.4 Å². The van der Waals surface area contributed by atoms with Crippen LogP contribution in [0.3, 0.4) is 0 Å². The number of aldehydes is 1. The van der Waals surface area contributed by atoms with Gasteiger partial charge in [0.25, 0.3) is 0 Å². The smallest absolute Gasteiger partial charge is 0.247 e. The molecule has 1 aliphatic rings. The lowest BCUT2D eigenvalue weighted by Gasteiger charge is -2.17. The van der Waals surface area contributed by atoms with Gasteiger partial charge in [-0.2, -0.15) is 0 Å². The largest absolute Gasteiger partial charge is 0.505 e. The summed E-state index contributed by atoms with van der Waals surface area (Å²) in [4.78, 5) is 25.2. The number of benzene rings is 2. The molecular formula is C22H22N4O3. The Morgan fingerprint density at radius 3 is 2.55 bits per heavy atom. The first-order valence-corrected chi connectivity index (χ1v) is 9.67. The molecule has 0 atom stereocenters. The number of carbonyl (C=O) groups is 2. The van der Waals surface area contributed by atoms with Gasteiger partial charge in [0.15, 0.2) is 0 Å². The summed E-state index contributed by atoms with van der Waals surface area (Å²) in [7, 11) is 0. The number of allylic oxidation sites excluding steroid dienone is 1. The van der Waals surface area contributed by atoms with Crippen LogP contribution in [-0.2, 0) is 16.1 Å². The minimum Gasteiger partial charge on any atom is -0.505 e. The highest BCUT2D eigenvalue weighted by molar-refractivity contribution is 5.99. The summed E-state index contributed by atoms with van der Waals surface area (Å²) in [5.74, 6) is -0.235. The van der Waals surface area contributed by atoms with Crippen molar-refractivity contribution in [2.24, 2.45) is 0 Å². The molecule has 4 rings (SSSR count). The highest BCUT2D eigenvalue weighted by Gasteiger charge is 2.20. The predicted octanol–water partition coefficient (Wildman–Crippen LogP) is 3.12. The van der Waals surface area contributed by atoms with Crippen LogP contribution in [0.25, 0.3) is 16.7 Å². The van der Waals surface area contributed by atoms with Crippen LogP contribution < -0.4 is 5.32 Å². The number of nitrogens with one attached hydrogen (secondary N) is 1. The highest BCUT2D eigenvalue weighted by atomic mass is 16.3. The highest BCUT2D eigenvalue weighted by Crippen LogP contribution is 2.28. The molecule has 1 aromatic heterocycles. The van der Waals surface area contributed by atoms with Crippen molar-refractivity contribution < 1.29 is 14.7 Å². The van der Waals surface area contributed by atoms with Crippen LogP contribution in [0, 0.1) is 6.92 Å². The minimum absolute atomic E-state index is 0.0180. The van der Waals surface area contributed by atoms with Crippen LogP contribution >= 0.6 is 0 Å². The van der Waals surface area contributed by atoms with E-state index < -0.39 is 0 Å². The second kappa shape index (κ2) is 7.87. The summed E-state index contributed by atoms with van der Waals surface area (Å²) in [6.45, 7) is 2.06. The number of nitrogens with zero attached hydrogens (tertiary/aromatic N) is 3. The number of aryl methyl sites for hydroxylation is 1. The van der Waals surface area contributed by atoms with Crippen molar-refractivity contribution in [1.29, 1.82) is 0 Å². The maximum absolute atomic E-state index is 12.6. The van der Waals surface area contributed by atoms with Crippen LogP contribution in [0.2, 0.25) is 0 Å². The summed E-state index contributed by atoms with van der Waals surface area (Å²) in [6.07, 6.45) is 3.86. The quantitative estimate of drug-likeness (QED) is 0.653. The number of phenolic OH excluding ortho intramolecular Hbond substituents is 1. The fraction of sp³-hybridized carbons (Fsp3) is 0.273. The molecule has 0 spiro atoms. The van der Waals surface area contributed by atoms with Gasteiger partial charge in [-0.25, -0.2) is 0 Å². The topological polar surface area (TPSA) is 97.1 Å². The Hall–Kier alpha value is -3.48. The van der Waals surface area contributed by atoms with Crippen molar-refractivity contribution in [2.45, 2.75) is 39.2 Å².